The molecule has 0 saturated heterocycles. The van der Waals surface area contributed by atoms with Crippen LogP contribution in [-0.2, 0) is 27.2 Å². The number of oxazole rings is 1. The van der Waals surface area contributed by atoms with Gasteiger partial charge in [0.15, 0.2) is 0 Å². The number of amides is 1. The van der Waals surface area contributed by atoms with E-state index < -0.39 is 0 Å². The molecule has 0 fully saturated rings. The molecule has 0 spiro atoms. The van der Waals surface area contributed by atoms with Crippen molar-refractivity contribution in [1.29, 1.82) is 0 Å². The van der Waals surface area contributed by atoms with Gasteiger partial charge >= 0.3 is 0 Å². The van der Waals surface area contributed by atoms with Crippen LogP contribution >= 0.6 is 23.1 Å². The second-order valence-electron chi connectivity index (χ2n) is 9.12. The summed E-state index contributed by atoms with van der Waals surface area (Å²) in [5.41, 5.74) is -0.0529. The first kappa shape index (κ1) is 26.1. The highest BCUT2D eigenvalue weighted by atomic mass is 32.2. The fraction of sp³-hybridized carbons (Fsp3) is 0.480. The molecule has 0 aliphatic heterocycles. The molecule has 3 heterocycles. The van der Waals surface area contributed by atoms with E-state index in [1.807, 2.05) is 18.3 Å². The summed E-state index contributed by atoms with van der Waals surface area (Å²) >= 11 is 3.18. The minimum atomic E-state index is -0.0529. The topological polar surface area (TPSA) is 98.0 Å². The first-order valence-corrected chi connectivity index (χ1v) is 13.3. The summed E-state index contributed by atoms with van der Waals surface area (Å²) < 4.78 is 6.88. The molecule has 0 radical (unpaired) electrons. The molecular weight excluding hydrogens is 468 g/mol. The van der Waals surface area contributed by atoms with Crippen molar-refractivity contribution >= 4 is 40.6 Å². The predicted octanol–water partition coefficient (Wildman–Crippen LogP) is 6.21. The molecule has 1 amide bonds. The molecule has 0 bridgehead atoms. The number of anilines is 1. The molecule has 0 aromatic carbocycles. The molecule has 0 aliphatic rings. The first-order chi connectivity index (χ1) is 16.3. The van der Waals surface area contributed by atoms with E-state index in [4.69, 9.17) is 4.42 Å². The Hall–Kier alpha value is -2.52. The van der Waals surface area contributed by atoms with E-state index in [0.29, 0.717) is 36.7 Å². The molecule has 0 saturated carbocycles. The van der Waals surface area contributed by atoms with E-state index in [0.717, 1.165) is 40.7 Å². The molecule has 3 aromatic heterocycles. The number of Topliss-reactive ketones (excluding diaryl/α,β-unsaturated/α-hetero) is 1. The molecular formula is C25H32N4O3S2. The van der Waals surface area contributed by atoms with Crippen molar-refractivity contribution < 1.29 is 14.0 Å². The maximum absolute atomic E-state index is 12.3. The lowest BCUT2D eigenvalue weighted by Gasteiger charge is -2.12. The lowest BCUT2D eigenvalue weighted by atomic mass is 9.94. The van der Waals surface area contributed by atoms with E-state index >= 15 is 0 Å². The molecule has 7 nitrogen and oxygen atoms in total. The van der Waals surface area contributed by atoms with Crippen LogP contribution in [0.5, 0.6) is 0 Å². The number of ketones is 1. The van der Waals surface area contributed by atoms with Gasteiger partial charge in [-0.3, -0.25) is 9.59 Å². The van der Waals surface area contributed by atoms with Crippen LogP contribution in [0.3, 0.4) is 0 Å². The Morgan fingerprint density at radius 2 is 1.82 bits per heavy atom. The smallest absolute Gasteiger partial charge is 0.225 e. The zero-order chi connectivity index (χ0) is 24.4. The summed E-state index contributed by atoms with van der Waals surface area (Å²) in [6.45, 7) is 6.29. The van der Waals surface area contributed by atoms with E-state index in [9.17, 15) is 9.59 Å². The normalized spacial score (nSPS) is 11.5. The molecule has 0 unspecified atom stereocenters. The Kier molecular flexibility index (Phi) is 9.83. The molecule has 34 heavy (non-hydrogen) atoms. The number of pyridine rings is 1. The van der Waals surface area contributed by atoms with Crippen LogP contribution in [0.2, 0.25) is 0 Å². The van der Waals surface area contributed by atoms with Crippen LogP contribution in [0.15, 0.2) is 45.4 Å². The Bertz CT molecular complexity index is 1060. The highest BCUT2D eigenvalue weighted by Crippen LogP contribution is 2.30. The van der Waals surface area contributed by atoms with E-state index in [2.05, 4.69) is 41.0 Å². The van der Waals surface area contributed by atoms with Crippen LogP contribution in [0, 0.1) is 0 Å². The van der Waals surface area contributed by atoms with Crippen LogP contribution in [0.25, 0.3) is 0 Å². The Labute approximate surface area is 209 Å². The predicted molar refractivity (Wildman–Crippen MR) is 136 cm³/mol. The number of carbonyl (C=O) groups excluding carboxylic acids is 2. The summed E-state index contributed by atoms with van der Waals surface area (Å²) in [6, 6.07) is 5.42. The van der Waals surface area contributed by atoms with Gasteiger partial charge in [-0.05, 0) is 25.0 Å². The lowest BCUT2D eigenvalue weighted by molar-refractivity contribution is -0.118. The van der Waals surface area contributed by atoms with Crippen molar-refractivity contribution in [3.63, 3.8) is 0 Å². The van der Waals surface area contributed by atoms with Crippen molar-refractivity contribution in [2.45, 2.75) is 81.1 Å². The van der Waals surface area contributed by atoms with Crippen molar-refractivity contribution in [1.82, 2.24) is 15.0 Å². The van der Waals surface area contributed by atoms with Crippen LogP contribution in [-0.4, -0.2) is 26.6 Å². The van der Waals surface area contributed by atoms with Crippen LogP contribution in [0.4, 0.5) is 5.82 Å². The van der Waals surface area contributed by atoms with Gasteiger partial charge in [0.25, 0.3) is 0 Å². The lowest BCUT2D eigenvalue weighted by Crippen LogP contribution is -2.11. The zero-order valence-corrected chi connectivity index (χ0v) is 21.6. The number of unbranched alkanes of at least 4 members (excludes halogenated alkanes) is 3. The number of aromatic nitrogens is 3. The quantitative estimate of drug-likeness (QED) is 0.220. The first-order valence-electron chi connectivity index (χ1n) is 11.5. The third-order valence-electron chi connectivity index (χ3n) is 5.05. The van der Waals surface area contributed by atoms with Crippen molar-refractivity contribution in [3.8, 4) is 0 Å². The van der Waals surface area contributed by atoms with Gasteiger partial charge in [0.05, 0.1) is 28.8 Å². The maximum Gasteiger partial charge on any atom is 0.225 e. The largest absolute Gasteiger partial charge is 0.444 e. The highest BCUT2D eigenvalue weighted by Gasteiger charge is 2.19. The minimum Gasteiger partial charge on any atom is -0.444 e. The SMILES string of the molecule is CC(C)(C)c1cnc(CSc2cnc(CC(=O)CCCCCCC(=O)Nc3ccccn3)s2)o1. The van der Waals surface area contributed by atoms with Gasteiger partial charge in [-0.2, -0.15) is 0 Å². The second-order valence-corrected chi connectivity index (χ2v) is 11.5. The third kappa shape index (κ3) is 9.02. The van der Waals surface area contributed by atoms with E-state index in [1.54, 1.807) is 41.6 Å². The van der Waals surface area contributed by atoms with E-state index in [-0.39, 0.29) is 17.1 Å². The fourth-order valence-corrected chi connectivity index (χ4v) is 5.06. The van der Waals surface area contributed by atoms with Gasteiger partial charge in [-0.25, -0.2) is 15.0 Å². The van der Waals surface area contributed by atoms with Gasteiger partial charge in [-0.15, -0.1) is 23.1 Å². The minimum absolute atomic E-state index is 0.0234. The van der Waals surface area contributed by atoms with Gasteiger partial charge in [-0.1, -0.05) is 39.7 Å². The highest BCUT2D eigenvalue weighted by molar-refractivity contribution is 8.00. The molecule has 0 aliphatic carbocycles. The molecule has 182 valence electrons. The molecule has 1 N–H and O–H groups in total. The third-order valence-corrected chi connectivity index (χ3v) is 7.23. The molecule has 3 rings (SSSR count). The summed E-state index contributed by atoms with van der Waals surface area (Å²) in [5.74, 6) is 2.99. The zero-order valence-electron chi connectivity index (χ0n) is 20.0. The number of hydrogen-bond donors (Lipinski definition) is 1. The maximum atomic E-state index is 12.3. The number of nitrogens with one attached hydrogen (secondary N) is 1. The average Bonchev–Trinajstić information content (AvgIpc) is 3.45. The number of thiazole rings is 1. The molecule has 9 heteroatoms. The average molecular weight is 501 g/mol. The van der Waals surface area contributed by atoms with Gasteiger partial charge in [0.1, 0.15) is 22.4 Å². The summed E-state index contributed by atoms with van der Waals surface area (Å²) in [4.78, 5) is 37.0. The van der Waals surface area contributed by atoms with Gasteiger partial charge in [0.2, 0.25) is 11.8 Å². The Morgan fingerprint density at radius 3 is 2.53 bits per heavy atom. The molecule has 3 aromatic rings. The van der Waals surface area contributed by atoms with Crippen molar-refractivity contribution in [2.24, 2.45) is 0 Å². The van der Waals surface area contributed by atoms with Gasteiger partial charge in [0, 0.05) is 24.5 Å². The summed E-state index contributed by atoms with van der Waals surface area (Å²) in [7, 11) is 0. The van der Waals surface area contributed by atoms with Crippen molar-refractivity contribution in [2.75, 3.05) is 5.32 Å². The van der Waals surface area contributed by atoms with E-state index in [1.165, 1.54) is 0 Å². The fourth-order valence-electron chi connectivity index (χ4n) is 3.16. The second kappa shape index (κ2) is 12.8. The number of hydrogen-bond acceptors (Lipinski definition) is 8. The monoisotopic (exact) mass is 500 g/mol. The number of thioether (sulfide) groups is 1. The van der Waals surface area contributed by atoms with Crippen LogP contribution in [0.1, 0.15) is 76.0 Å². The number of rotatable bonds is 13. The molecule has 0 atom stereocenters. The Morgan fingerprint density at radius 1 is 1.03 bits per heavy atom. The summed E-state index contributed by atoms with van der Waals surface area (Å²) in [6.07, 6.45) is 10.2. The Balaban J connectivity index is 1.27. The van der Waals surface area contributed by atoms with Gasteiger partial charge < -0.3 is 9.73 Å². The van der Waals surface area contributed by atoms with Crippen LogP contribution < -0.4 is 5.32 Å². The summed E-state index contributed by atoms with van der Waals surface area (Å²) in [5, 5.41) is 3.63. The number of nitrogens with zero attached hydrogens (tertiary/aromatic N) is 3. The number of carbonyl (C=O) groups is 2. The van der Waals surface area contributed by atoms with Crippen molar-refractivity contribution in [3.05, 3.63) is 53.4 Å². The standard InChI is InChI=1S/C25H32N4O3S2/c1-25(2,3)19-15-27-22(32-19)17-33-24-16-28-23(34-24)14-18(30)10-6-4-5-7-12-21(31)29-20-11-8-9-13-26-20/h8-9,11,13,15-16H,4-7,10,12,14,17H2,1-3H3,(H,26,29,31).